The van der Waals surface area contributed by atoms with Gasteiger partial charge in [0.05, 0.1) is 23.7 Å². The number of carbonyl (C=O) groups excluding carboxylic acids is 2. The van der Waals surface area contributed by atoms with Crippen LogP contribution >= 0.6 is 0 Å². The van der Waals surface area contributed by atoms with Crippen LogP contribution < -0.4 is 0 Å². The van der Waals surface area contributed by atoms with E-state index in [2.05, 4.69) is 0 Å². The molecule has 0 N–H and O–H groups in total. The lowest BCUT2D eigenvalue weighted by atomic mass is 10.1. The second-order valence-electron chi connectivity index (χ2n) is 6.73. The van der Waals surface area contributed by atoms with E-state index in [9.17, 15) is 9.59 Å². The molecule has 0 aliphatic rings. The molecule has 0 radical (unpaired) electrons. The Morgan fingerprint density at radius 3 is 1.33 bits per heavy atom. The summed E-state index contributed by atoms with van der Waals surface area (Å²) in [6, 6.07) is 25.5. The van der Waals surface area contributed by atoms with Gasteiger partial charge in [-0.1, -0.05) is 66.7 Å². The fourth-order valence-electron chi connectivity index (χ4n) is 2.73. The number of allylic oxidation sites excluding steroid dienone is 2. The third-order valence-electron chi connectivity index (χ3n) is 4.48. The molecule has 0 fully saturated rings. The maximum atomic E-state index is 12.4. The molecule has 0 unspecified atom stereocenters. The fraction of sp³-hybridized carbons (Fsp3) is 0.0769. The quantitative estimate of drug-likeness (QED) is 0.371. The average molecular weight is 398 g/mol. The standard InChI is InChI=1S/C26H22O4/c1-19(21-10-5-3-6-11-21)17-29-25(27)23-14-9-15-24(16-23)26(28)30-18-20(2)22-12-7-4-8-13-22/h3-18H,1-2H3. The number of carbonyl (C=O) groups is 2. The highest BCUT2D eigenvalue weighted by Crippen LogP contribution is 2.16. The molecule has 0 saturated carbocycles. The molecule has 0 atom stereocenters. The fourth-order valence-corrected chi connectivity index (χ4v) is 2.73. The van der Waals surface area contributed by atoms with Gasteiger partial charge in [0.25, 0.3) is 0 Å². The molecule has 0 bridgehead atoms. The van der Waals surface area contributed by atoms with Crippen LogP contribution in [0.25, 0.3) is 11.1 Å². The Kier molecular flexibility index (Phi) is 6.95. The first-order valence-corrected chi connectivity index (χ1v) is 9.51. The van der Waals surface area contributed by atoms with Crippen molar-refractivity contribution < 1.29 is 19.1 Å². The van der Waals surface area contributed by atoms with E-state index in [-0.39, 0.29) is 11.1 Å². The van der Waals surface area contributed by atoms with Crippen molar-refractivity contribution in [2.24, 2.45) is 0 Å². The van der Waals surface area contributed by atoms with Crippen molar-refractivity contribution in [2.75, 3.05) is 0 Å². The SMILES string of the molecule is CC(=COC(=O)c1cccc(C(=O)OC=C(C)c2ccccc2)c1)c1ccccc1. The van der Waals surface area contributed by atoms with Crippen molar-refractivity contribution in [3.63, 3.8) is 0 Å². The number of benzene rings is 3. The monoisotopic (exact) mass is 398 g/mol. The van der Waals surface area contributed by atoms with Gasteiger partial charge in [-0.05, 0) is 54.3 Å². The van der Waals surface area contributed by atoms with Crippen molar-refractivity contribution in [3.05, 3.63) is 120 Å². The summed E-state index contributed by atoms with van der Waals surface area (Å²) in [5.41, 5.74) is 4.10. The van der Waals surface area contributed by atoms with Crippen LogP contribution in [0, 0.1) is 0 Å². The Balaban J connectivity index is 1.66. The largest absolute Gasteiger partial charge is 0.431 e. The molecular formula is C26H22O4. The Bertz CT molecular complexity index is 996. The maximum absolute atomic E-state index is 12.4. The van der Waals surface area contributed by atoms with E-state index in [1.807, 2.05) is 74.5 Å². The van der Waals surface area contributed by atoms with Gasteiger partial charge in [0, 0.05) is 0 Å². The zero-order valence-corrected chi connectivity index (χ0v) is 16.9. The third kappa shape index (κ3) is 5.55. The van der Waals surface area contributed by atoms with Gasteiger partial charge < -0.3 is 9.47 Å². The Labute approximate surface area is 176 Å². The summed E-state index contributed by atoms with van der Waals surface area (Å²) in [4.78, 5) is 24.8. The van der Waals surface area contributed by atoms with Crippen LogP contribution in [0.4, 0.5) is 0 Å². The minimum Gasteiger partial charge on any atom is -0.431 e. The van der Waals surface area contributed by atoms with E-state index in [4.69, 9.17) is 9.47 Å². The highest BCUT2D eigenvalue weighted by atomic mass is 16.5. The van der Waals surface area contributed by atoms with E-state index in [1.165, 1.54) is 18.6 Å². The molecule has 3 aromatic carbocycles. The normalized spacial score (nSPS) is 11.7. The van der Waals surface area contributed by atoms with Gasteiger partial charge in [-0.25, -0.2) is 9.59 Å². The predicted octanol–water partition coefficient (Wildman–Crippen LogP) is 6.12. The van der Waals surface area contributed by atoms with Crippen LogP contribution in [0.1, 0.15) is 45.7 Å². The highest BCUT2D eigenvalue weighted by Gasteiger charge is 2.12. The van der Waals surface area contributed by atoms with Crippen molar-refractivity contribution in [1.82, 2.24) is 0 Å². The van der Waals surface area contributed by atoms with Gasteiger partial charge in [-0.3, -0.25) is 0 Å². The molecule has 0 heterocycles. The van der Waals surface area contributed by atoms with Crippen molar-refractivity contribution in [2.45, 2.75) is 13.8 Å². The average Bonchev–Trinajstić information content (AvgIpc) is 2.81. The van der Waals surface area contributed by atoms with Crippen molar-refractivity contribution >= 4 is 23.1 Å². The first-order chi connectivity index (χ1) is 14.5. The van der Waals surface area contributed by atoms with Crippen LogP contribution in [0.3, 0.4) is 0 Å². The van der Waals surface area contributed by atoms with Gasteiger partial charge in [0.15, 0.2) is 0 Å². The lowest BCUT2D eigenvalue weighted by Gasteiger charge is -2.06. The van der Waals surface area contributed by atoms with Crippen LogP contribution in [-0.2, 0) is 9.47 Å². The van der Waals surface area contributed by atoms with E-state index in [0.29, 0.717) is 0 Å². The second-order valence-corrected chi connectivity index (χ2v) is 6.73. The minimum absolute atomic E-state index is 0.269. The number of hydrogen-bond acceptors (Lipinski definition) is 4. The molecule has 4 heteroatoms. The molecule has 0 spiro atoms. The van der Waals surface area contributed by atoms with Gasteiger partial charge in [-0.15, -0.1) is 0 Å². The molecule has 0 saturated heterocycles. The van der Waals surface area contributed by atoms with Crippen LogP contribution in [0.15, 0.2) is 97.5 Å². The lowest BCUT2D eigenvalue weighted by molar-refractivity contribution is 0.0663. The van der Waals surface area contributed by atoms with Gasteiger partial charge in [0.1, 0.15) is 0 Å². The summed E-state index contributed by atoms with van der Waals surface area (Å²) >= 11 is 0. The molecule has 150 valence electrons. The lowest BCUT2D eigenvalue weighted by Crippen LogP contribution is -2.06. The molecule has 0 amide bonds. The summed E-state index contributed by atoms with van der Waals surface area (Å²) in [5, 5.41) is 0. The zero-order valence-electron chi connectivity index (χ0n) is 16.9. The molecule has 0 aromatic heterocycles. The minimum atomic E-state index is -0.545. The van der Waals surface area contributed by atoms with E-state index in [0.717, 1.165) is 22.3 Å². The van der Waals surface area contributed by atoms with Crippen molar-refractivity contribution in [1.29, 1.82) is 0 Å². The van der Waals surface area contributed by atoms with Gasteiger partial charge in [0.2, 0.25) is 0 Å². The van der Waals surface area contributed by atoms with Crippen LogP contribution in [0.2, 0.25) is 0 Å². The van der Waals surface area contributed by atoms with Gasteiger partial charge >= 0.3 is 11.9 Å². The number of esters is 2. The number of rotatable bonds is 6. The third-order valence-corrected chi connectivity index (χ3v) is 4.48. The van der Waals surface area contributed by atoms with Crippen LogP contribution in [0.5, 0.6) is 0 Å². The molecule has 0 aliphatic carbocycles. The first-order valence-electron chi connectivity index (χ1n) is 9.51. The summed E-state index contributed by atoms with van der Waals surface area (Å²) in [6.07, 6.45) is 2.82. The molecule has 30 heavy (non-hydrogen) atoms. The molecular weight excluding hydrogens is 376 g/mol. The molecule has 3 aromatic rings. The Hall–Kier alpha value is -3.92. The maximum Gasteiger partial charge on any atom is 0.342 e. The zero-order chi connectivity index (χ0) is 21.3. The van der Waals surface area contributed by atoms with E-state index < -0.39 is 11.9 Å². The van der Waals surface area contributed by atoms with Crippen LogP contribution in [-0.4, -0.2) is 11.9 Å². The van der Waals surface area contributed by atoms with Gasteiger partial charge in [-0.2, -0.15) is 0 Å². The first kappa shape index (κ1) is 20.8. The predicted molar refractivity (Wildman–Crippen MR) is 117 cm³/mol. The van der Waals surface area contributed by atoms with Crippen molar-refractivity contribution in [3.8, 4) is 0 Å². The summed E-state index contributed by atoms with van der Waals surface area (Å²) < 4.78 is 10.5. The highest BCUT2D eigenvalue weighted by molar-refractivity contribution is 5.96. The smallest absolute Gasteiger partial charge is 0.342 e. The number of hydrogen-bond donors (Lipinski definition) is 0. The topological polar surface area (TPSA) is 52.6 Å². The summed E-state index contributed by atoms with van der Waals surface area (Å²) in [5.74, 6) is -1.09. The summed E-state index contributed by atoms with van der Waals surface area (Å²) in [7, 11) is 0. The van der Waals surface area contributed by atoms with E-state index in [1.54, 1.807) is 18.2 Å². The number of ether oxygens (including phenoxy) is 2. The Morgan fingerprint density at radius 1 is 0.567 bits per heavy atom. The molecule has 0 aliphatic heterocycles. The van der Waals surface area contributed by atoms with E-state index >= 15 is 0 Å². The molecule has 4 nitrogen and oxygen atoms in total. The second kappa shape index (κ2) is 10.0. The summed E-state index contributed by atoms with van der Waals surface area (Å²) in [6.45, 7) is 3.72. The Morgan fingerprint density at radius 2 is 0.933 bits per heavy atom. The molecule has 3 rings (SSSR count).